The van der Waals surface area contributed by atoms with Crippen molar-refractivity contribution >= 4 is 23.4 Å². The zero-order chi connectivity index (χ0) is 21.5. The summed E-state index contributed by atoms with van der Waals surface area (Å²) >= 11 is 1.32. The third kappa shape index (κ3) is 5.34. The molecule has 3 aromatic rings. The number of aryl methyl sites for hydroxylation is 1. The van der Waals surface area contributed by atoms with Crippen molar-refractivity contribution in [3.8, 4) is 11.5 Å². The Labute approximate surface area is 180 Å². The van der Waals surface area contributed by atoms with Gasteiger partial charge in [-0.25, -0.2) is 4.98 Å². The first-order valence-electron chi connectivity index (χ1n) is 9.39. The number of rotatable bonds is 9. The van der Waals surface area contributed by atoms with Crippen molar-refractivity contribution in [1.29, 1.82) is 0 Å². The molecule has 0 radical (unpaired) electrons. The predicted molar refractivity (Wildman–Crippen MR) is 117 cm³/mol. The first kappa shape index (κ1) is 21.7. The molecule has 158 valence electrons. The van der Waals surface area contributed by atoms with E-state index in [-0.39, 0.29) is 18.3 Å². The topological polar surface area (TPSA) is 85.6 Å². The average Bonchev–Trinajstić information content (AvgIpc) is 3.15. The van der Waals surface area contributed by atoms with Crippen LogP contribution in [0.2, 0.25) is 0 Å². The number of hydrogen-bond acceptors (Lipinski definition) is 6. The molecule has 0 unspecified atom stereocenters. The Morgan fingerprint density at radius 1 is 1.17 bits per heavy atom. The molecule has 2 N–H and O–H groups in total. The van der Waals surface area contributed by atoms with Crippen LogP contribution in [0.3, 0.4) is 0 Å². The summed E-state index contributed by atoms with van der Waals surface area (Å²) in [5, 5.41) is 13.2. The fourth-order valence-corrected chi connectivity index (χ4v) is 3.69. The monoisotopic (exact) mass is 427 g/mol. The van der Waals surface area contributed by atoms with Crippen LogP contribution >= 0.6 is 11.8 Å². The predicted octanol–water partition coefficient (Wildman–Crippen LogP) is 3.48. The van der Waals surface area contributed by atoms with E-state index in [1.54, 1.807) is 31.5 Å². The Bertz CT molecular complexity index is 1000. The SMILES string of the molecule is COc1ccc(NC(=O)CSc2ncc(CO)n2Cc2ccc(C)cc2)c(OC)c1. The van der Waals surface area contributed by atoms with Gasteiger partial charge in [-0.05, 0) is 24.6 Å². The molecule has 1 amide bonds. The van der Waals surface area contributed by atoms with Crippen molar-refractivity contribution in [2.75, 3.05) is 25.3 Å². The molecule has 3 rings (SSSR count). The average molecular weight is 428 g/mol. The second kappa shape index (κ2) is 10.2. The summed E-state index contributed by atoms with van der Waals surface area (Å²) in [5.41, 5.74) is 3.56. The van der Waals surface area contributed by atoms with Crippen LogP contribution < -0.4 is 14.8 Å². The van der Waals surface area contributed by atoms with Crippen molar-refractivity contribution in [2.45, 2.75) is 25.2 Å². The standard InChI is InChI=1S/C22H25N3O4S/c1-15-4-6-16(7-5-15)12-25-17(13-26)11-23-22(25)30-14-21(27)24-19-9-8-18(28-2)10-20(19)29-3/h4-11,26H,12-14H2,1-3H3,(H,24,27). The van der Waals surface area contributed by atoms with Gasteiger partial charge in [0.15, 0.2) is 5.16 Å². The van der Waals surface area contributed by atoms with Crippen LogP contribution in [-0.4, -0.2) is 40.5 Å². The molecular weight excluding hydrogens is 402 g/mol. The van der Waals surface area contributed by atoms with E-state index in [1.807, 2.05) is 35.8 Å². The number of methoxy groups -OCH3 is 2. The van der Waals surface area contributed by atoms with Gasteiger partial charge in [-0.1, -0.05) is 41.6 Å². The number of thioether (sulfide) groups is 1. The van der Waals surface area contributed by atoms with Crippen LogP contribution in [0.4, 0.5) is 5.69 Å². The molecular formula is C22H25N3O4S. The summed E-state index contributed by atoms with van der Waals surface area (Å²) in [6.07, 6.45) is 1.64. The van der Waals surface area contributed by atoms with Crippen molar-refractivity contribution < 1.29 is 19.4 Å². The van der Waals surface area contributed by atoms with Gasteiger partial charge in [-0.3, -0.25) is 4.79 Å². The van der Waals surface area contributed by atoms with E-state index in [0.717, 1.165) is 5.56 Å². The summed E-state index contributed by atoms with van der Waals surface area (Å²) in [6, 6.07) is 13.4. The molecule has 1 aromatic heterocycles. The number of aromatic nitrogens is 2. The Hall–Kier alpha value is -2.97. The number of aliphatic hydroxyl groups is 1. The number of carbonyl (C=O) groups is 1. The number of amides is 1. The molecule has 1 heterocycles. The van der Waals surface area contributed by atoms with Gasteiger partial charge >= 0.3 is 0 Å². The number of nitrogens with zero attached hydrogens (tertiary/aromatic N) is 2. The zero-order valence-corrected chi connectivity index (χ0v) is 18.0. The van der Waals surface area contributed by atoms with E-state index in [9.17, 15) is 9.90 Å². The van der Waals surface area contributed by atoms with E-state index in [0.29, 0.717) is 34.6 Å². The van der Waals surface area contributed by atoms with Crippen LogP contribution in [0.15, 0.2) is 53.8 Å². The van der Waals surface area contributed by atoms with Crippen LogP contribution in [0, 0.1) is 6.92 Å². The summed E-state index contributed by atoms with van der Waals surface area (Å²) in [5.74, 6) is 1.16. The van der Waals surface area contributed by atoms with Crippen molar-refractivity contribution in [2.24, 2.45) is 0 Å². The van der Waals surface area contributed by atoms with E-state index in [1.165, 1.54) is 24.4 Å². The summed E-state index contributed by atoms with van der Waals surface area (Å²) in [4.78, 5) is 16.9. The lowest BCUT2D eigenvalue weighted by Crippen LogP contribution is -2.15. The maximum Gasteiger partial charge on any atom is 0.234 e. The van der Waals surface area contributed by atoms with Gasteiger partial charge in [-0.2, -0.15) is 0 Å². The molecule has 7 nitrogen and oxygen atoms in total. The highest BCUT2D eigenvalue weighted by Crippen LogP contribution is 2.29. The molecule has 0 fully saturated rings. The highest BCUT2D eigenvalue weighted by molar-refractivity contribution is 7.99. The third-order valence-corrected chi connectivity index (χ3v) is 5.53. The minimum Gasteiger partial charge on any atom is -0.497 e. The molecule has 0 bridgehead atoms. The molecule has 8 heteroatoms. The molecule has 0 saturated heterocycles. The second-order valence-corrected chi connectivity index (χ2v) is 7.61. The second-order valence-electron chi connectivity index (χ2n) is 6.67. The third-order valence-electron chi connectivity index (χ3n) is 4.54. The first-order chi connectivity index (χ1) is 14.5. The molecule has 0 saturated carbocycles. The zero-order valence-electron chi connectivity index (χ0n) is 17.2. The van der Waals surface area contributed by atoms with Gasteiger partial charge in [0.2, 0.25) is 5.91 Å². The minimum atomic E-state index is -0.182. The molecule has 0 aliphatic carbocycles. The number of ether oxygens (including phenoxy) is 2. The lowest BCUT2D eigenvalue weighted by molar-refractivity contribution is -0.113. The van der Waals surface area contributed by atoms with Gasteiger partial charge in [0, 0.05) is 12.6 Å². The van der Waals surface area contributed by atoms with E-state index in [4.69, 9.17) is 9.47 Å². The minimum absolute atomic E-state index is 0.116. The van der Waals surface area contributed by atoms with Gasteiger partial charge in [0.05, 0.1) is 44.2 Å². The summed E-state index contributed by atoms with van der Waals surface area (Å²) in [7, 11) is 3.11. The van der Waals surface area contributed by atoms with E-state index < -0.39 is 0 Å². The fourth-order valence-electron chi connectivity index (χ4n) is 2.90. The van der Waals surface area contributed by atoms with Gasteiger partial charge < -0.3 is 24.5 Å². The molecule has 0 spiro atoms. The van der Waals surface area contributed by atoms with Crippen LogP contribution in [0.1, 0.15) is 16.8 Å². The Balaban J connectivity index is 1.67. The van der Waals surface area contributed by atoms with Crippen LogP contribution in [0.5, 0.6) is 11.5 Å². The number of imidazole rings is 1. The van der Waals surface area contributed by atoms with Crippen molar-refractivity contribution in [3.63, 3.8) is 0 Å². The Kier molecular flexibility index (Phi) is 7.37. The number of hydrogen-bond donors (Lipinski definition) is 2. The van der Waals surface area contributed by atoms with Gasteiger partial charge in [0.1, 0.15) is 11.5 Å². The summed E-state index contributed by atoms with van der Waals surface area (Å²) < 4.78 is 12.4. The van der Waals surface area contributed by atoms with Crippen molar-refractivity contribution in [3.05, 3.63) is 65.5 Å². The van der Waals surface area contributed by atoms with Crippen molar-refractivity contribution in [1.82, 2.24) is 9.55 Å². The summed E-state index contributed by atoms with van der Waals surface area (Å²) in [6.45, 7) is 2.50. The molecule has 30 heavy (non-hydrogen) atoms. The largest absolute Gasteiger partial charge is 0.497 e. The Morgan fingerprint density at radius 3 is 2.60 bits per heavy atom. The van der Waals surface area contributed by atoms with E-state index in [2.05, 4.69) is 10.3 Å². The maximum absolute atomic E-state index is 12.5. The fraction of sp³-hybridized carbons (Fsp3) is 0.273. The lowest BCUT2D eigenvalue weighted by Gasteiger charge is -2.13. The highest BCUT2D eigenvalue weighted by atomic mass is 32.2. The quantitative estimate of drug-likeness (QED) is 0.509. The van der Waals surface area contributed by atoms with Crippen LogP contribution in [-0.2, 0) is 17.9 Å². The normalized spacial score (nSPS) is 10.7. The lowest BCUT2D eigenvalue weighted by atomic mass is 10.1. The molecule has 0 aliphatic heterocycles. The molecule has 2 aromatic carbocycles. The Morgan fingerprint density at radius 2 is 1.93 bits per heavy atom. The first-order valence-corrected chi connectivity index (χ1v) is 10.4. The molecule has 0 atom stereocenters. The van der Waals surface area contributed by atoms with Gasteiger partial charge in [0.25, 0.3) is 0 Å². The number of aliphatic hydroxyl groups excluding tert-OH is 1. The maximum atomic E-state index is 12.5. The number of carbonyl (C=O) groups excluding carboxylic acids is 1. The smallest absolute Gasteiger partial charge is 0.234 e. The van der Waals surface area contributed by atoms with E-state index >= 15 is 0 Å². The van der Waals surface area contributed by atoms with Gasteiger partial charge in [-0.15, -0.1) is 0 Å². The highest BCUT2D eigenvalue weighted by Gasteiger charge is 2.14. The number of nitrogens with one attached hydrogen (secondary N) is 1. The van der Waals surface area contributed by atoms with Crippen LogP contribution in [0.25, 0.3) is 0 Å². The number of anilines is 1. The number of benzene rings is 2. The molecule has 0 aliphatic rings.